The molecule has 0 rings (SSSR count). The standard InChI is InChI=1S/C10H16O/c1-5-7-9(3)8-10(6-2)11-4/h6,8H,2-3,5,7H2,1,4H3/b10-8+. The second-order valence-corrected chi connectivity index (χ2v) is 2.36. The fourth-order valence-corrected chi connectivity index (χ4v) is 0.796. The van der Waals surface area contributed by atoms with Crippen LogP contribution in [0, 0.1) is 0 Å². The molecule has 0 aliphatic carbocycles. The Balaban J connectivity index is 4.03. The first-order valence-corrected chi connectivity index (χ1v) is 3.80. The Morgan fingerprint density at radius 1 is 1.55 bits per heavy atom. The number of hydrogen-bond donors (Lipinski definition) is 0. The average Bonchev–Trinajstić information content (AvgIpc) is 2.01. The molecule has 0 radical (unpaired) electrons. The largest absolute Gasteiger partial charge is 0.497 e. The lowest BCUT2D eigenvalue weighted by atomic mass is 10.1. The van der Waals surface area contributed by atoms with Gasteiger partial charge in [0.05, 0.1) is 7.11 Å². The summed E-state index contributed by atoms with van der Waals surface area (Å²) in [5.41, 5.74) is 1.09. The Kier molecular flexibility index (Phi) is 5.26. The minimum atomic E-state index is 0.781. The summed E-state index contributed by atoms with van der Waals surface area (Å²) in [4.78, 5) is 0. The van der Waals surface area contributed by atoms with Gasteiger partial charge in [0.1, 0.15) is 5.76 Å². The van der Waals surface area contributed by atoms with Crippen molar-refractivity contribution in [2.24, 2.45) is 0 Å². The predicted octanol–water partition coefficient (Wildman–Crippen LogP) is 3.06. The maximum Gasteiger partial charge on any atom is 0.118 e. The van der Waals surface area contributed by atoms with Crippen molar-refractivity contribution in [3.63, 3.8) is 0 Å². The third-order valence-corrected chi connectivity index (χ3v) is 1.35. The molecule has 0 heterocycles. The topological polar surface area (TPSA) is 9.23 Å². The van der Waals surface area contributed by atoms with Gasteiger partial charge in [-0.25, -0.2) is 0 Å². The molecule has 0 saturated heterocycles. The van der Waals surface area contributed by atoms with E-state index in [-0.39, 0.29) is 0 Å². The third-order valence-electron chi connectivity index (χ3n) is 1.35. The van der Waals surface area contributed by atoms with Crippen molar-refractivity contribution in [1.29, 1.82) is 0 Å². The number of rotatable bonds is 5. The lowest BCUT2D eigenvalue weighted by Crippen LogP contribution is -1.83. The monoisotopic (exact) mass is 152 g/mol. The molecule has 0 aromatic heterocycles. The molecule has 0 amide bonds. The number of methoxy groups -OCH3 is 1. The fourth-order valence-electron chi connectivity index (χ4n) is 0.796. The van der Waals surface area contributed by atoms with Crippen molar-refractivity contribution in [2.75, 3.05) is 7.11 Å². The summed E-state index contributed by atoms with van der Waals surface area (Å²) in [5, 5.41) is 0. The van der Waals surface area contributed by atoms with E-state index in [0.717, 1.165) is 24.2 Å². The highest BCUT2D eigenvalue weighted by Crippen LogP contribution is 2.07. The first kappa shape index (κ1) is 10.0. The Morgan fingerprint density at radius 2 is 2.18 bits per heavy atom. The van der Waals surface area contributed by atoms with Gasteiger partial charge < -0.3 is 4.74 Å². The van der Waals surface area contributed by atoms with Crippen molar-refractivity contribution >= 4 is 0 Å². The molecule has 1 heteroatoms. The third kappa shape index (κ3) is 4.43. The summed E-state index contributed by atoms with van der Waals surface area (Å²) < 4.78 is 5.00. The quantitative estimate of drug-likeness (QED) is 0.434. The summed E-state index contributed by atoms with van der Waals surface area (Å²) in [6.07, 6.45) is 5.72. The van der Waals surface area contributed by atoms with Crippen LogP contribution in [0.15, 0.2) is 36.6 Å². The molecule has 62 valence electrons. The summed E-state index contributed by atoms with van der Waals surface area (Å²) in [6, 6.07) is 0. The molecular formula is C10H16O. The summed E-state index contributed by atoms with van der Waals surface area (Å²) in [7, 11) is 1.63. The van der Waals surface area contributed by atoms with Crippen LogP contribution in [0.25, 0.3) is 0 Å². The van der Waals surface area contributed by atoms with Crippen LogP contribution in [-0.2, 0) is 4.74 Å². The van der Waals surface area contributed by atoms with Crippen LogP contribution in [0.1, 0.15) is 19.8 Å². The van der Waals surface area contributed by atoms with Crippen LogP contribution >= 0.6 is 0 Å². The van der Waals surface area contributed by atoms with E-state index in [0.29, 0.717) is 0 Å². The van der Waals surface area contributed by atoms with Crippen LogP contribution in [0.5, 0.6) is 0 Å². The minimum absolute atomic E-state index is 0.781. The Labute approximate surface area is 69.1 Å². The molecule has 0 aromatic carbocycles. The molecule has 0 atom stereocenters. The van der Waals surface area contributed by atoms with Crippen LogP contribution < -0.4 is 0 Å². The van der Waals surface area contributed by atoms with Gasteiger partial charge in [-0.3, -0.25) is 0 Å². The van der Waals surface area contributed by atoms with Gasteiger partial charge in [0.25, 0.3) is 0 Å². The maximum atomic E-state index is 5.00. The summed E-state index contributed by atoms with van der Waals surface area (Å²) in [6.45, 7) is 9.61. The zero-order valence-electron chi connectivity index (χ0n) is 7.39. The molecule has 0 N–H and O–H groups in total. The lowest BCUT2D eigenvalue weighted by molar-refractivity contribution is 0.306. The predicted molar refractivity (Wildman–Crippen MR) is 49.3 cm³/mol. The summed E-state index contributed by atoms with van der Waals surface area (Å²) >= 11 is 0. The highest BCUT2D eigenvalue weighted by molar-refractivity contribution is 5.22. The van der Waals surface area contributed by atoms with E-state index in [9.17, 15) is 0 Å². The molecule has 0 unspecified atom stereocenters. The van der Waals surface area contributed by atoms with Gasteiger partial charge >= 0.3 is 0 Å². The van der Waals surface area contributed by atoms with E-state index >= 15 is 0 Å². The van der Waals surface area contributed by atoms with Crippen LogP contribution in [0.4, 0.5) is 0 Å². The second kappa shape index (κ2) is 5.78. The SMILES string of the molecule is C=C/C(=C\C(=C)CCC)OC. The maximum absolute atomic E-state index is 5.00. The van der Waals surface area contributed by atoms with Gasteiger partial charge in [-0.15, -0.1) is 0 Å². The number of allylic oxidation sites excluding steroid dienone is 3. The number of ether oxygens (including phenoxy) is 1. The molecule has 11 heavy (non-hydrogen) atoms. The molecular weight excluding hydrogens is 136 g/mol. The Hall–Kier alpha value is -0.980. The van der Waals surface area contributed by atoms with E-state index in [2.05, 4.69) is 20.1 Å². The average molecular weight is 152 g/mol. The highest BCUT2D eigenvalue weighted by atomic mass is 16.5. The van der Waals surface area contributed by atoms with Crippen LogP contribution in [0.3, 0.4) is 0 Å². The molecule has 0 bridgehead atoms. The van der Waals surface area contributed by atoms with Gasteiger partial charge in [0.2, 0.25) is 0 Å². The molecule has 0 aliphatic heterocycles. The Bertz CT molecular complexity index is 166. The van der Waals surface area contributed by atoms with Crippen molar-refractivity contribution in [3.8, 4) is 0 Å². The molecule has 0 aliphatic rings. The van der Waals surface area contributed by atoms with Crippen molar-refractivity contribution in [3.05, 3.63) is 36.6 Å². The van der Waals surface area contributed by atoms with E-state index in [1.54, 1.807) is 13.2 Å². The lowest BCUT2D eigenvalue weighted by Gasteiger charge is -2.00. The molecule has 0 aromatic rings. The highest BCUT2D eigenvalue weighted by Gasteiger charge is 1.90. The Morgan fingerprint density at radius 3 is 2.55 bits per heavy atom. The van der Waals surface area contributed by atoms with Crippen LogP contribution in [-0.4, -0.2) is 7.11 Å². The molecule has 0 saturated carbocycles. The number of hydrogen-bond acceptors (Lipinski definition) is 1. The molecule has 0 fully saturated rings. The normalized spacial score (nSPS) is 10.9. The van der Waals surface area contributed by atoms with Crippen molar-refractivity contribution < 1.29 is 4.74 Å². The molecule has 1 nitrogen and oxygen atoms in total. The van der Waals surface area contributed by atoms with Gasteiger partial charge in [-0.2, -0.15) is 0 Å². The second-order valence-electron chi connectivity index (χ2n) is 2.36. The summed E-state index contributed by atoms with van der Waals surface area (Å²) in [5.74, 6) is 0.781. The first-order valence-electron chi connectivity index (χ1n) is 3.80. The van der Waals surface area contributed by atoms with E-state index < -0.39 is 0 Å². The van der Waals surface area contributed by atoms with Crippen molar-refractivity contribution in [2.45, 2.75) is 19.8 Å². The smallest absolute Gasteiger partial charge is 0.118 e. The van der Waals surface area contributed by atoms with Gasteiger partial charge in [-0.1, -0.05) is 32.1 Å². The van der Waals surface area contributed by atoms with E-state index in [1.165, 1.54) is 0 Å². The van der Waals surface area contributed by atoms with Gasteiger partial charge in [0.15, 0.2) is 0 Å². The fraction of sp³-hybridized carbons (Fsp3) is 0.400. The first-order chi connectivity index (χ1) is 5.24. The van der Waals surface area contributed by atoms with Crippen molar-refractivity contribution in [1.82, 2.24) is 0 Å². The zero-order chi connectivity index (χ0) is 8.69. The van der Waals surface area contributed by atoms with E-state index in [1.807, 2.05) is 6.08 Å². The van der Waals surface area contributed by atoms with Gasteiger partial charge in [0, 0.05) is 0 Å². The minimum Gasteiger partial charge on any atom is -0.497 e. The zero-order valence-corrected chi connectivity index (χ0v) is 7.39. The molecule has 0 spiro atoms. The van der Waals surface area contributed by atoms with E-state index in [4.69, 9.17) is 4.74 Å². The van der Waals surface area contributed by atoms with Crippen LogP contribution in [0.2, 0.25) is 0 Å². The van der Waals surface area contributed by atoms with Gasteiger partial charge in [-0.05, 0) is 18.6 Å².